The minimum Gasteiger partial charge on any atom is -0.509 e. The molecule has 0 spiro atoms. The Kier molecular flexibility index (Phi) is 8.82. The molecule has 0 atom stereocenters. The summed E-state index contributed by atoms with van der Waals surface area (Å²) in [7, 11) is 0. The normalized spacial score (nSPS) is 13.2. The van der Waals surface area contributed by atoms with Crippen LogP contribution in [-0.2, 0) is 31.9 Å². The number of hydrogen-bond acceptors (Lipinski definition) is 5. The van der Waals surface area contributed by atoms with E-state index in [1.165, 1.54) is 5.56 Å². The van der Waals surface area contributed by atoms with E-state index in [-0.39, 0.29) is 31.9 Å². The summed E-state index contributed by atoms with van der Waals surface area (Å²) in [4.78, 5) is 9.26. The van der Waals surface area contributed by atoms with Crippen molar-refractivity contribution in [3.05, 3.63) is 164 Å². The van der Waals surface area contributed by atoms with Gasteiger partial charge in [0.05, 0.1) is 5.69 Å². The zero-order chi connectivity index (χ0) is 38.3. The van der Waals surface area contributed by atoms with Crippen LogP contribution >= 0.6 is 0 Å². The van der Waals surface area contributed by atoms with Gasteiger partial charge in [-0.2, -0.15) is 6.07 Å². The van der Waals surface area contributed by atoms with Gasteiger partial charge in [0.15, 0.2) is 5.58 Å². The number of benzene rings is 6. The van der Waals surface area contributed by atoms with Crippen molar-refractivity contribution in [1.82, 2.24) is 9.55 Å². The number of anilines is 4. The molecule has 0 amide bonds. The molecule has 1 aliphatic rings. The Morgan fingerprint density at radius 1 is 0.596 bits per heavy atom. The number of pyridine rings is 1. The molecule has 6 aromatic carbocycles. The first kappa shape index (κ1) is 36.8. The molecule has 0 aliphatic carbocycles. The maximum Gasteiger partial charge on any atom is 0.156 e. The van der Waals surface area contributed by atoms with Crippen LogP contribution < -0.4 is 14.5 Å². The number of ether oxygens (including phenoxy) is 1. The molecule has 4 heterocycles. The Morgan fingerprint density at radius 3 is 2.07 bits per heavy atom. The van der Waals surface area contributed by atoms with E-state index >= 15 is 0 Å². The Hall–Kier alpha value is -5.84. The Morgan fingerprint density at radius 2 is 1.28 bits per heavy atom. The van der Waals surface area contributed by atoms with Crippen molar-refractivity contribution in [2.75, 3.05) is 9.80 Å². The van der Waals surface area contributed by atoms with E-state index in [1.807, 2.05) is 24.4 Å². The minimum absolute atomic E-state index is 0. The first-order chi connectivity index (χ1) is 27.0. The number of hydrogen-bond donors (Lipinski definition) is 0. The molecule has 286 valence electrons. The molecule has 0 unspecified atom stereocenters. The van der Waals surface area contributed by atoms with Gasteiger partial charge in [-0.15, -0.1) is 53.6 Å². The second kappa shape index (κ2) is 13.7. The molecule has 0 saturated carbocycles. The van der Waals surface area contributed by atoms with Gasteiger partial charge in [-0.25, -0.2) is 4.98 Å². The van der Waals surface area contributed by atoms with E-state index in [2.05, 4.69) is 184 Å². The third-order valence-electron chi connectivity index (χ3n) is 10.8. The molecule has 0 radical (unpaired) electrons. The molecule has 6 nitrogen and oxygen atoms in total. The summed E-state index contributed by atoms with van der Waals surface area (Å²) in [5, 5.41) is 4.42. The van der Waals surface area contributed by atoms with Gasteiger partial charge in [0, 0.05) is 66.4 Å². The fourth-order valence-corrected chi connectivity index (χ4v) is 7.86. The molecule has 3 aromatic heterocycles. The van der Waals surface area contributed by atoms with Crippen LogP contribution in [0.3, 0.4) is 0 Å². The maximum atomic E-state index is 6.76. The molecule has 0 bridgehead atoms. The summed E-state index contributed by atoms with van der Waals surface area (Å²) in [6.45, 7) is 15.5. The number of rotatable bonds is 5. The Labute approximate surface area is 347 Å². The molecule has 0 N–H and O–H groups in total. The molecular weight excluding hydrogens is 884 g/mol. The predicted molar refractivity (Wildman–Crippen MR) is 229 cm³/mol. The number of aromatic nitrogens is 2. The number of para-hydroxylation sites is 5. The summed E-state index contributed by atoms with van der Waals surface area (Å²) < 4.78 is 15.5. The van der Waals surface area contributed by atoms with Crippen molar-refractivity contribution in [1.29, 1.82) is 0 Å². The van der Waals surface area contributed by atoms with Crippen LogP contribution in [-0.4, -0.2) is 9.55 Å². The van der Waals surface area contributed by atoms with Crippen LogP contribution in [0.4, 0.5) is 22.7 Å². The molecule has 0 saturated heterocycles. The molecular formula is C50H41N4O2Pt-3. The number of fused-ring (bicyclic) bond motifs is 7. The Balaban J connectivity index is 0.00000422. The van der Waals surface area contributed by atoms with E-state index in [1.54, 1.807) is 0 Å². The van der Waals surface area contributed by atoms with E-state index in [0.717, 1.165) is 77.9 Å². The largest absolute Gasteiger partial charge is 0.509 e. The van der Waals surface area contributed by atoms with Gasteiger partial charge in [0.2, 0.25) is 0 Å². The molecule has 9 aromatic rings. The molecule has 0 fully saturated rings. The van der Waals surface area contributed by atoms with Crippen molar-refractivity contribution >= 4 is 66.5 Å². The van der Waals surface area contributed by atoms with Crippen LogP contribution in [0.15, 0.2) is 138 Å². The number of furan rings is 1. The van der Waals surface area contributed by atoms with Gasteiger partial charge >= 0.3 is 0 Å². The standard InChI is InChI=1S/C50H41N4O2.Pt/c1-49(2,3)32-24-25-51-47(28-32)54-41-17-9-7-14-37(41)38-23-22-35(30-45(38)54)55-36-27-33(50(4,5)6)26-34(29-36)52-31-53(43-19-11-10-18-42(43)52)44-20-13-16-40-39-15-8-12-21-46(39)56-48(40)44;/h7-28,31H,1-6H3;/q-3;. The van der Waals surface area contributed by atoms with Gasteiger partial charge in [0.25, 0.3) is 0 Å². The molecule has 57 heavy (non-hydrogen) atoms. The van der Waals surface area contributed by atoms with Crippen molar-refractivity contribution in [3.63, 3.8) is 0 Å². The third kappa shape index (κ3) is 6.27. The van der Waals surface area contributed by atoms with E-state index in [9.17, 15) is 0 Å². The maximum absolute atomic E-state index is 6.76. The zero-order valence-electron chi connectivity index (χ0n) is 32.7. The first-order valence-electron chi connectivity index (χ1n) is 19.1. The van der Waals surface area contributed by atoms with Crippen LogP contribution in [0.1, 0.15) is 52.7 Å². The predicted octanol–water partition coefficient (Wildman–Crippen LogP) is 13.5. The summed E-state index contributed by atoms with van der Waals surface area (Å²) in [5.41, 5.74) is 9.80. The third-order valence-corrected chi connectivity index (χ3v) is 10.8. The smallest absolute Gasteiger partial charge is 0.156 e. The second-order valence-corrected chi connectivity index (χ2v) is 16.7. The molecule has 1 aliphatic heterocycles. The second-order valence-electron chi connectivity index (χ2n) is 16.7. The van der Waals surface area contributed by atoms with E-state index < -0.39 is 0 Å². The van der Waals surface area contributed by atoms with Gasteiger partial charge in [-0.1, -0.05) is 108 Å². The SMILES string of the molecule is CC(C)(C)c1cc(Oc2[c-]c3c(cc2)c2ccccc2n3-c2cc(C(C)(C)C)ccn2)[c-]c(N2[CH-]N(c3cccc4c3oc3ccccc34)c3ccccc32)c1.[Pt]. The molecule has 7 heteroatoms. The summed E-state index contributed by atoms with van der Waals surface area (Å²) in [5.74, 6) is 2.07. The average molecular weight is 925 g/mol. The van der Waals surface area contributed by atoms with Gasteiger partial charge in [-0.3, -0.25) is 0 Å². The summed E-state index contributed by atoms with van der Waals surface area (Å²) >= 11 is 0. The van der Waals surface area contributed by atoms with Crippen LogP contribution in [0.2, 0.25) is 0 Å². The van der Waals surface area contributed by atoms with Crippen LogP contribution in [0.5, 0.6) is 11.5 Å². The fraction of sp³-hybridized carbons (Fsp3) is 0.160. The van der Waals surface area contributed by atoms with Gasteiger partial charge in [0.1, 0.15) is 11.4 Å². The summed E-state index contributed by atoms with van der Waals surface area (Å²) in [6, 6.07) is 51.5. The number of nitrogens with zero attached hydrogens (tertiary/aromatic N) is 4. The quantitative estimate of drug-likeness (QED) is 0.161. The van der Waals surface area contributed by atoms with Crippen molar-refractivity contribution in [3.8, 4) is 17.3 Å². The van der Waals surface area contributed by atoms with Crippen molar-refractivity contribution < 1.29 is 30.2 Å². The Bertz CT molecular complexity index is 2980. The zero-order valence-corrected chi connectivity index (χ0v) is 35.0. The fourth-order valence-electron chi connectivity index (χ4n) is 7.86. The van der Waals surface area contributed by atoms with Gasteiger partial charge < -0.3 is 23.5 Å². The van der Waals surface area contributed by atoms with Crippen LogP contribution in [0.25, 0.3) is 49.6 Å². The monoisotopic (exact) mass is 924 g/mol. The molecule has 10 rings (SSSR count). The summed E-state index contributed by atoms with van der Waals surface area (Å²) in [6.07, 6.45) is 1.90. The van der Waals surface area contributed by atoms with E-state index in [4.69, 9.17) is 14.1 Å². The average Bonchev–Trinajstić information content (AvgIpc) is 3.87. The van der Waals surface area contributed by atoms with Crippen LogP contribution in [0, 0.1) is 18.8 Å². The minimum atomic E-state index is -0.162. The van der Waals surface area contributed by atoms with Crippen molar-refractivity contribution in [2.45, 2.75) is 52.4 Å². The van der Waals surface area contributed by atoms with Crippen molar-refractivity contribution in [2.24, 2.45) is 0 Å². The first-order valence-corrected chi connectivity index (χ1v) is 19.1. The van der Waals surface area contributed by atoms with E-state index in [0.29, 0.717) is 11.5 Å². The topological polar surface area (TPSA) is 46.7 Å². The van der Waals surface area contributed by atoms with Gasteiger partial charge in [-0.05, 0) is 64.2 Å².